The van der Waals surface area contributed by atoms with Crippen LogP contribution in [0.1, 0.15) is 24.5 Å². The van der Waals surface area contributed by atoms with Gasteiger partial charge >= 0.3 is 0 Å². The number of nitrogens with one attached hydrogen (secondary N) is 1. The Morgan fingerprint density at radius 1 is 1.12 bits per heavy atom. The van der Waals surface area contributed by atoms with Gasteiger partial charge in [-0.1, -0.05) is 36.4 Å². The van der Waals surface area contributed by atoms with Gasteiger partial charge in [0.2, 0.25) is 0 Å². The summed E-state index contributed by atoms with van der Waals surface area (Å²) in [4.78, 5) is 18.3. The van der Waals surface area contributed by atoms with Gasteiger partial charge in [0, 0.05) is 12.0 Å². The Balaban J connectivity index is 1.70. The number of aryl methyl sites for hydroxylation is 1. The first-order chi connectivity index (χ1) is 11.7. The van der Waals surface area contributed by atoms with Crippen LogP contribution >= 0.6 is 0 Å². The molecule has 2 aromatic carbocycles. The number of H-pyrrole nitrogens is 1. The molecule has 1 N–H and O–H groups in total. The number of ether oxygens (including phenoxy) is 1. The summed E-state index contributed by atoms with van der Waals surface area (Å²) in [6, 6.07) is 16.1. The molecule has 0 fully saturated rings. The number of benzene rings is 2. The van der Waals surface area contributed by atoms with E-state index in [0.717, 1.165) is 34.6 Å². The van der Waals surface area contributed by atoms with Crippen LogP contribution in [0.4, 0.5) is 0 Å². The minimum Gasteiger partial charge on any atom is -0.488 e. The van der Waals surface area contributed by atoms with Crippen molar-refractivity contribution in [3.8, 4) is 17.0 Å². The zero-order valence-corrected chi connectivity index (χ0v) is 13.7. The third-order valence-electron chi connectivity index (χ3n) is 3.83. The molecule has 0 radical (unpaired) electrons. The summed E-state index contributed by atoms with van der Waals surface area (Å²) >= 11 is 0. The number of ketones is 1. The second-order valence-electron chi connectivity index (χ2n) is 5.77. The van der Waals surface area contributed by atoms with Crippen LogP contribution in [0.5, 0.6) is 5.75 Å². The van der Waals surface area contributed by atoms with E-state index in [1.807, 2.05) is 42.5 Å². The number of rotatable bonds is 7. The van der Waals surface area contributed by atoms with Gasteiger partial charge in [-0.25, -0.2) is 4.98 Å². The van der Waals surface area contributed by atoms with Crippen molar-refractivity contribution in [1.29, 1.82) is 0 Å². The molecule has 3 rings (SSSR count). The van der Waals surface area contributed by atoms with E-state index in [2.05, 4.69) is 16.0 Å². The Kier molecular flexibility index (Phi) is 5.06. The van der Waals surface area contributed by atoms with Gasteiger partial charge in [0.25, 0.3) is 0 Å². The number of Topliss-reactive ketones (excluding diaryl/α,β-unsaturated/α-hetero) is 1. The largest absolute Gasteiger partial charge is 0.488 e. The third-order valence-corrected chi connectivity index (χ3v) is 3.83. The summed E-state index contributed by atoms with van der Waals surface area (Å²) in [5, 5.41) is 0. The standard InChI is InChI=1S/C20H20N2O2/c1-15(23)9-10-16-5-4-6-17(11-16)13-24-20-8-3-2-7-18(20)19-12-21-14-22-19/h2-8,11-12,14H,9-10,13H2,1H3,(H,21,22). The van der Waals surface area contributed by atoms with Gasteiger partial charge in [0.1, 0.15) is 18.1 Å². The van der Waals surface area contributed by atoms with Crippen molar-refractivity contribution < 1.29 is 9.53 Å². The quantitative estimate of drug-likeness (QED) is 0.710. The lowest BCUT2D eigenvalue weighted by molar-refractivity contribution is -0.116. The van der Waals surface area contributed by atoms with Crippen molar-refractivity contribution in [2.45, 2.75) is 26.4 Å². The second kappa shape index (κ2) is 7.59. The monoisotopic (exact) mass is 320 g/mol. The lowest BCUT2D eigenvalue weighted by Gasteiger charge is -2.11. The minimum atomic E-state index is 0.213. The van der Waals surface area contributed by atoms with Crippen molar-refractivity contribution in [3.05, 3.63) is 72.2 Å². The molecule has 3 aromatic rings. The number of hydrogen-bond acceptors (Lipinski definition) is 3. The van der Waals surface area contributed by atoms with E-state index < -0.39 is 0 Å². The molecule has 0 bridgehead atoms. The van der Waals surface area contributed by atoms with Gasteiger partial charge in [-0.2, -0.15) is 0 Å². The molecule has 0 aliphatic rings. The Bertz CT molecular complexity index is 810. The van der Waals surface area contributed by atoms with Crippen LogP contribution in [0, 0.1) is 0 Å². The van der Waals surface area contributed by atoms with Crippen LogP contribution in [0.15, 0.2) is 61.1 Å². The van der Waals surface area contributed by atoms with E-state index in [4.69, 9.17) is 4.74 Å². The maximum absolute atomic E-state index is 11.1. The fourth-order valence-electron chi connectivity index (χ4n) is 2.57. The molecular formula is C20H20N2O2. The molecular weight excluding hydrogens is 300 g/mol. The summed E-state index contributed by atoms with van der Waals surface area (Å²) in [6.45, 7) is 2.11. The fraction of sp³-hybridized carbons (Fsp3) is 0.200. The van der Waals surface area contributed by atoms with Crippen molar-refractivity contribution in [3.63, 3.8) is 0 Å². The van der Waals surface area contributed by atoms with E-state index in [1.165, 1.54) is 0 Å². The molecule has 0 atom stereocenters. The first-order valence-electron chi connectivity index (χ1n) is 8.00. The number of carbonyl (C=O) groups is 1. The first-order valence-corrected chi connectivity index (χ1v) is 8.00. The average Bonchev–Trinajstić information content (AvgIpc) is 3.13. The molecule has 122 valence electrons. The van der Waals surface area contributed by atoms with E-state index in [0.29, 0.717) is 13.0 Å². The molecule has 4 heteroatoms. The zero-order valence-electron chi connectivity index (χ0n) is 13.7. The second-order valence-corrected chi connectivity index (χ2v) is 5.77. The van der Waals surface area contributed by atoms with E-state index in [-0.39, 0.29) is 5.78 Å². The number of aromatic nitrogens is 2. The van der Waals surface area contributed by atoms with Crippen molar-refractivity contribution in [2.75, 3.05) is 0 Å². The number of hydrogen-bond donors (Lipinski definition) is 1. The average molecular weight is 320 g/mol. The van der Waals surface area contributed by atoms with Crippen LogP contribution in [-0.4, -0.2) is 15.8 Å². The van der Waals surface area contributed by atoms with Gasteiger partial charge in [0.05, 0.1) is 18.2 Å². The highest BCUT2D eigenvalue weighted by Gasteiger charge is 2.07. The normalized spacial score (nSPS) is 10.5. The summed E-state index contributed by atoms with van der Waals surface area (Å²) in [5.74, 6) is 1.03. The van der Waals surface area contributed by atoms with Crippen molar-refractivity contribution >= 4 is 5.78 Å². The maximum Gasteiger partial charge on any atom is 0.130 e. The molecule has 1 heterocycles. The van der Waals surface area contributed by atoms with Crippen molar-refractivity contribution in [2.24, 2.45) is 0 Å². The van der Waals surface area contributed by atoms with Gasteiger partial charge < -0.3 is 14.5 Å². The van der Waals surface area contributed by atoms with Gasteiger partial charge in [-0.15, -0.1) is 0 Å². The highest BCUT2D eigenvalue weighted by molar-refractivity contribution is 5.75. The van der Waals surface area contributed by atoms with E-state index in [1.54, 1.807) is 19.4 Å². The van der Waals surface area contributed by atoms with Crippen LogP contribution in [0.25, 0.3) is 11.3 Å². The van der Waals surface area contributed by atoms with Crippen LogP contribution in [0.2, 0.25) is 0 Å². The van der Waals surface area contributed by atoms with E-state index in [9.17, 15) is 4.79 Å². The predicted molar refractivity (Wildman–Crippen MR) is 93.8 cm³/mol. The smallest absolute Gasteiger partial charge is 0.130 e. The first kappa shape index (κ1) is 16.0. The summed E-state index contributed by atoms with van der Waals surface area (Å²) in [7, 11) is 0. The topological polar surface area (TPSA) is 55.0 Å². The number of carbonyl (C=O) groups excluding carboxylic acids is 1. The molecule has 0 saturated heterocycles. The molecule has 24 heavy (non-hydrogen) atoms. The number of aromatic amines is 1. The van der Waals surface area contributed by atoms with Crippen LogP contribution < -0.4 is 4.74 Å². The highest BCUT2D eigenvalue weighted by Crippen LogP contribution is 2.28. The lowest BCUT2D eigenvalue weighted by Crippen LogP contribution is -1.99. The molecule has 0 aliphatic heterocycles. The van der Waals surface area contributed by atoms with Gasteiger partial charge in [0.15, 0.2) is 0 Å². The fourth-order valence-corrected chi connectivity index (χ4v) is 2.57. The molecule has 0 spiro atoms. The molecule has 0 amide bonds. The lowest BCUT2D eigenvalue weighted by atomic mass is 10.1. The number of para-hydroxylation sites is 1. The SMILES string of the molecule is CC(=O)CCc1cccc(COc2ccccc2-c2cnc[nH]2)c1. The molecule has 0 unspecified atom stereocenters. The van der Waals surface area contributed by atoms with Gasteiger partial charge in [-0.3, -0.25) is 0 Å². The van der Waals surface area contributed by atoms with E-state index >= 15 is 0 Å². The highest BCUT2D eigenvalue weighted by atomic mass is 16.5. The zero-order chi connectivity index (χ0) is 16.8. The third kappa shape index (κ3) is 4.10. The molecule has 4 nitrogen and oxygen atoms in total. The van der Waals surface area contributed by atoms with Gasteiger partial charge in [-0.05, 0) is 36.6 Å². The summed E-state index contributed by atoms with van der Waals surface area (Å²) in [6.07, 6.45) is 4.79. The Morgan fingerprint density at radius 3 is 2.75 bits per heavy atom. The summed E-state index contributed by atoms with van der Waals surface area (Å²) < 4.78 is 6.01. The molecule has 0 aliphatic carbocycles. The molecule has 1 aromatic heterocycles. The van der Waals surface area contributed by atoms with Crippen LogP contribution in [0.3, 0.4) is 0 Å². The Morgan fingerprint density at radius 2 is 1.96 bits per heavy atom. The van der Waals surface area contributed by atoms with Crippen LogP contribution in [-0.2, 0) is 17.8 Å². The minimum absolute atomic E-state index is 0.213. The van der Waals surface area contributed by atoms with Crippen molar-refractivity contribution in [1.82, 2.24) is 9.97 Å². The Hall–Kier alpha value is -2.88. The maximum atomic E-state index is 11.1. The number of imidazole rings is 1. The summed E-state index contributed by atoms with van der Waals surface area (Å²) in [5.41, 5.74) is 4.17. The Labute approximate surface area is 141 Å². The molecule has 0 saturated carbocycles. The number of nitrogens with zero attached hydrogens (tertiary/aromatic N) is 1. The predicted octanol–water partition coefficient (Wildman–Crippen LogP) is 4.18.